The predicted octanol–water partition coefficient (Wildman–Crippen LogP) is -4.83. The summed E-state index contributed by atoms with van der Waals surface area (Å²) in [5.74, 6) is -0.462. The largest absolute Gasteiger partial charge is 0.478 e. The second kappa shape index (κ2) is 13.0. The maximum Gasteiger partial charge on any atom is 0.478 e. The lowest BCUT2D eigenvalue weighted by atomic mass is 9.97. The van der Waals surface area contributed by atoms with E-state index in [1.165, 1.54) is 19.2 Å². The average Bonchev–Trinajstić information content (AvgIpc) is 2.59. The fourth-order valence-electron chi connectivity index (χ4n) is 2.01. The van der Waals surface area contributed by atoms with E-state index in [2.05, 4.69) is 14.6 Å². The third kappa shape index (κ3) is 12.9. The van der Waals surface area contributed by atoms with Crippen LogP contribution in [-0.2, 0) is 23.0 Å². The average molecular weight is 511 g/mol. The van der Waals surface area contributed by atoms with Crippen LogP contribution in [-0.4, -0.2) is 93.1 Å². The molecule has 32 heavy (non-hydrogen) atoms. The summed E-state index contributed by atoms with van der Waals surface area (Å²) in [4.78, 5) is 66.4. The van der Waals surface area contributed by atoms with Crippen LogP contribution in [0.4, 0.5) is 0 Å². The number of ether oxygens (including phenoxy) is 1. The Kier molecular flexibility index (Phi) is 12.3. The fraction of sp³-hybridized carbons (Fsp3) is 0.583. The first kappa shape index (κ1) is 30.2. The molecule has 0 radical (unpaired) electrons. The Morgan fingerprint density at radius 2 is 1.66 bits per heavy atom. The summed E-state index contributed by atoms with van der Waals surface area (Å²) in [6, 6.07) is 0.141. The van der Waals surface area contributed by atoms with Gasteiger partial charge in [0.1, 0.15) is 24.4 Å². The molecule has 1 saturated heterocycles. The zero-order chi connectivity index (χ0) is 25.3. The number of amides is 1. The van der Waals surface area contributed by atoms with Crippen LogP contribution in [0.15, 0.2) is 21.9 Å². The number of carbonyl (C=O) groups is 1. The first-order valence-electron chi connectivity index (χ1n) is 8.15. The van der Waals surface area contributed by atoms with Gasteiger partial charge in [-0.2, -0.15) is 4.31 Å². The fourth-order valence-corrected chi connectivity index (χ4v) is 3.12. The van der Waals surface area contributed by atoms with Crippen LogP contribution in [0.3, 0.4) is 0 Å². The highest BCUT2D eigenvalue weighted by molar-refractivity contribution is 7.60. The molecule has 20 heteroatoms. The minimum atomic E-state index is -5.05. The molecule has 0 bridgehead atoms. The van der Waals surface area contributed by atoms with Gasteiger partial charge in [-0.05, 0) is 0 Å². The van der Waals surface area contributed by atoms with E-state index in [0.717, 1.165) is 0 Å². The van der Waals surface area contributed by atoms with Crippen LogP contribution in [0, 0.1) is 0 Å². The number of H-pyrrole nitrogens is 2. The number of nitrogens with one attached hydrogen (secondary N) is 3. The van der Waals surface area contributed by atoms with E-state index in [9.17, 15) is 38.8 Å². The highest BCUT2D eigenvalue weighted by Crippen LogP contribution is 2.53. The molecule has 2 heterocycles. The molecule has 0 saturated carbocycles. The Morgan fingerprint density at radius 1 is 1.12 bits per heavy atom. The molecule has 186 valence electrons. The van der Waals surface area contributed by atoms with Gasteiger partial charge in [0, 0.05) is 19.2 Å². The molecule has 0 aromatic carbocycles. The minimum Gasteiger partial charge on any atom is -0.394 e. The van der Waals surface area contributed by atoms with Crippen molar-refractivity contribution in [3.63, 3.8) is 0 Å². The molecule has 1 aromatic heterocycles. The van der Waals surface area contributed by atoms with Gasteiger partial charge in [0.05, 0.1) is 6.61 Å². The molecule has 5 atom stereocenters. The number of carbonyl (C=O) groups excluding carboxylic acids is 1. The van der Waals surface area contributed by atoms with E-state index < -0.39 is 64.5 Å². The minimum absolute atomic E-state index is 0.381. The van der Waals surface area contributed by atoms with Crippen LogP contribution in [0.25, 0.3) is 0 Å². The molecular weight excluding hydrogens is 488 g/mol. The van der Waals surface area contributed by atoms with E-state index in [0.29, 0.717) is 0 Å². The van der Waals surface area contributed by atoms with Crippen LogP contribution in [0.1, 0.15) is 6.92 Å². The standard InChI is InChI=1S/C8H15NO6.C4H4N2O2.H4O7P2/c1-3(11)9-5-7(13)6(12)4(2-10)15-8(5)14;7-3-1-2-5-4(8)6-3;1-8(2,3)7-9(4,5)6/h4-8,10,12-14H,2H2,1H3,(H,9,11);1-2H,(H2,5,6,7,8);(H2,1,2,3)(H2,4,5,6)/t4-,5-,6+,7-,8?;;/m1../s1. The molecule has 1 aliphatic heterocycles. The molecule has 1 aliphatic rings. The van der Waals surface area contributed by atoms with Gasteiger partial charge in [0.15, 0.2) is 6.29 Å². The number of aliphatic hydroxyl groups excluding tert-OH is 4. The highest BCUT2D eigenvalue weighted by atomic mass is 31.3. The third-order valence-corrected chi connectivity index (χ3v) is 4.87. The normalized spacial score (nSPS) is 25.5. The van der Waals surface area contributed by atoms with Crippen molar-refractivity contribution in [2.24, 2.45) is 0 Å². The summed E-state index contributed by atoms with van der Waals surface area (Å²) in [5, 5.41) is 39.4. The Morgan fingerprint density at radius 3 is 1.97 bits per heavy atom. The quantitative estimate of drug-likeness (QED) is 0.169. The van der Waals surface area contributed by atoms with Crippen molar-refractivity contribution in [2.75, 3.05) is 6.61 Å². The maximum absolute atomic E-state index is 10.7. The van der Waals surface area contributed by atoms with Crippen molar-refractivity contribution in [2.45, 2.75) is 37.6 Å². The topological polar surface area (TPSA) is 309 Å². The van der Waals surface area contributed by atoms with Crippen molar-refractivity contribution in [1.82, 2.24) is 15.3 Å². The molecule has 11 N–H and O–H groups in total. The summed E-state index contributed by atoms with van der Waals surface area (Å²) in [6.45, 7) is 0.687. The first-order chi connectivity index (χ1) is 14.5. The van der Waals surface area contributed by atoms with E-state index in [1.807, 2.05) is 4.98 Å². The van der Waals surface area contributed by atoms with Gasteiger partial charge in [0.2, 0.25) is 5.91 Å². The van der Waals surface area contributed by atoms with Gasteiger partial charge in [-0.25, -0.2) is 13.9 Å². The summed E-state index contributed by atoms with van der Waals surface area (Å²) in [7, 11) is -10.1. The molecule has 0 aliphatic carbocycles. The molecule has 1 fully saturated rings. The maximum atomic E-state index is 10.7. The van der Waals surface area contributed by atoms with Crippen LogP contribution in [0.5, 0.6) is 0 Å². The van der Waals surface area contributed by atoms with Gasteiger partial charge in [0.25, 0.3) is 5.56 Å². The van der Waals surface area contributed by atoms with E-state index in [1.54, 1.807) is 0 Å². The van der Waals surface area contributed by atoms with E-state index >= 15 is 0 Å². The van der Waals surface area contributed by atoms with E-state index in [-0.39, 0.29) is 5.56 Å². The number of aromatic nitrogens is 2. The monoisotopic (exact) mass is 511 g/mol. The molecule has 1 unspecified atom stereocenters. The second-order valence-corrected chi connectivity index (χ2v) is 8.43. The summed E-state index contributed by atoms with van der Waals surface area (Å²) < 4.78 is 27.0. The molecule has 1 aromatic rings. The summed E-state index contributed by atoms with van der Waals surface area (Å²) in [6.07, 6.45) is -3.95. The van der Waals surface area contributed by atoms with Crippen molar-refractivity contribution in [3.05, 3.63) is 33.1 Å². The van der Waals surface area contributed by atoms with Crippen molar-refractivity contribution < 1.29 is 63.0 Å². The number of hydrogen-bond donors (Lipinski definition) is 11. The Balaban J connectivity index is 0.000000485. The van der Waals surface area contributed by atoms with Crippen LogP contribution in [0.2, 0.25) is 0 Å². The zero-order valence-corrected chi connectivity index (χ0v) is 17.9. The molecular formula is C12H23N3O15P2. The second-order valence-electron chi connectivity index (χ2n) is 5.81. The molecule has 0 spiro atoms. The molecule has 1 amide bonds. The van der Waals surface area contributed by atoms with Gasteiger partial charge < -0.3 is 55.0 Å². The van der Waals surface area contributed by atoms with Crippen molar-refractivity contribution >= 4 is 21.6 Å². The SMILES string of the molecule is CC(=O)N[C@H]1C(O)O[C@H](CO)[C@H](O)[C@@H]1O.O=P(O)(O)OP(=O)(O)O.O=c1cc[nH]c(=O)[nH]1. The highest BCUT2D eigenvalue weighted by Gasteiger charge is 2.43. The van der Waals surface area contributed by atoms with Crippen molar-refractivity contribution in [1.29, 1.82) is 0 Å². The lowest BCUT2D eigenvalue weighted by molar-refractivity contribution is -0.253. The van der Waals surface area contributed by atoms with Gasteiger partial charge in [-0.15, -0.1) is 0 Å². The molecule has 18 nitrogen and oxygen atoms in total. The lowest BCUT2D eigenvalue weighted by Crippen LogP contribution is -2.63. The Hall–Kier alpha value is -1.79. The number of phosphoric acid groups is 2. The predicted molar refractivity (Wildman–Crippen MR) is 100 cm³/mol. The number of aliphatic hydroxyl groups is 4. The number of aromatic amines is 2. The third-order valence-electron chi connectivity index (χ3n) is 3.17. The van der Waals surface area contributed by atoms with Crippen molar-refractivity contribution in [3.8, 4) is 0 Å². The zero-order valence-electron chi connectivity index (χ0n) is 16.1. The summed E-state index contributed by atoms with van der Waals surface area (Å²) >= 11 is 0. The smallest absolute Gasteiger partial charge is 0.394 e. The summed E-state index contributed by atoms with van der Waals surface area (Å²) in [5.41, 5.74) is -0.855. The molecule has 2 rings (SSSR count). The number of hydrogen-bond acceptors (Lipinski definition) is 11. The van der Waals surface area contributed by atoms with Crippen LogP contribution >= 0.6 is 15.6 Å². The Bertz CT molecular complexity index is 877. The van der Waals surface area contributed by atoms with E-state index in [4.69, 9.17) is 29.4 Å². The van der Waals surface area contributed by atoms with Crippen LogP contribution < -0.4 is 16.6 Å². The number of rotatable bonds is 4. The lowest BCUT2D eigenvalue weighted by Gasteiger charge is -2.40. The van der Waals surface area contributed by atoms with Gasteiger partial charge in [-0.3, -0.25) is 14.6 Å². The van der Waals surface area contributed by atoms with Gasteiger partial charge >= 0.3 is 21.3 Å². The van der Waals surface area contributed by atoms with Gasteiger partial charge in [-0.1, -0.05) is 0 Å². The Labute approximate surface area is 178 Å². The first-order valence-corrected chi connectivity index (χ1v) is 11.2.